The van der Waals surface area contributed by atoms with Crippen LogP contribution in [0.5, 0.6) is 5.88 Å². The molecule has 7 nitrogen and oxygen atoms in total. The lowest BCUT2D eigenvalue weighted by molar-refractivity contribution is -0.125. The van der Waals surface area contributed by atoms with Crippen molar-refractivity contribution in [1.29, 1.82) is 0 Å². The van der Waals surface area contributed by atoms with Crippen LogP contribution < -0.4 is 15.0 Å². The third-order valence-corrected chi connectivity index (χ3v) is 4.35. The Morgan fingerprint density at radius 2 is 2.04 bits per heavy atom. The van der Waals surface area contributed by atoms with Gasteiger partial charge in [-0.25, -0.2) is 9.97 Å². The topological polar surface area (TPSA) is 80.2 Å². The average Bonchev–Trinajstić information content (AvgIpc) is 2.67. The summed E-state index contributed by atoms with van der Waals surface area (Å²) < 4.78 is 5.76. The van der Waals surface area contributed by atoms with Gasteiger partial charge in [0.05, 0.1) is 6.10 Å². The van der Waals surface area contributed by atoms with Crippen molar-refractivity contribution in [2.45, 2.75) is 39.3 Å². The minimum atomic E-state index is 0.0223. The number of nitrogens with zero attached hydrogens (tertiary/aromatic N) is 4. The van der Waals surface area contributed by atoms with E-state index in [-0.39, 0.29) is 17.9 Å². The van der Waals surface area contributed by atoms with Gasteiger partial charge in [0.2, 0.25) is 5.91 Å². The number of carbonyl (C=O) groups is 1. The molecule has 0 spiro atoms. The predicted molar refractivity (Wildman–Crippen MR) is 98.8 cm³/mol. The van der Waals surface area contributed by atoms with Crippen LogP contribution in [0.2, 0.25) is 0 Å². The molecule has 1 N–H and O–H groups in total. The fraction of sp³-hybridized carbons (Fsp3) is 0.474. The Kier molecular flexibility index (Phi) is 5.99. The van der Waals surface area contributed by atoms with E-state index in [2.05, 4.69) is 25.2 Å². The standard InChI is InChI=1S/C19H25N5O2/c1-14(2)26-19-17(21-8-9-22-19)24-10-5-16(6-11-24)18(25)23-13-15-4-3-7-20-12-15/h3-4,7-9,12,14,16H,5-6,10-11,13H2,1-2H3,(H,23,25). The zero-order chi connectivity index (χ0) is 18.4. The number of nitrogens with one attached hydrogen (secondary N) is 1. The van der Waals surface area contributed by atoms with Gasteiger partial charge < -0.3 is 15.0 Å². The Hall–Kier alpha value is -2.70. The maximum atomic E-state index is 12.4. The molecular weight excluding hydrogens is 330 g/mol. The highest BCUT2D eigenvalue weighted by atomic mass is 16.5. The summed E-state index contributed by atoms with van der Waals surface area (Å²) in [4.78, 5) is 27.4. The third-order valence-electron chi connectivity index (χ3n) is 4.35. The maximum Gasteiger partial charge on any atom is 0.257 e. The Balaban J connectivity index is 1.53. The fourth-order valence-electron chi connectivity index (χ4n) is 3.03. The van der Waals surface area contributed by atoms with E-state index in [9.17, 15) is 4.79 Å². The van der Waals surface area contributed by atoms with Gasteiger partial charge in [-0.1, -0.05) is 6.07 Å². The molecule has 0 bridgehead atoms. The number of pyridine rings is 1. The smallest absolute Gasteiger partial charge is 0.257 e. The van der Waals surface area contributed by atoms with Gasteiger partial charge in [0.1, 0.15) is 0 Å². The Morgan fingerprint density at radius 1 is 1.27 bits per heavy atom. The molecule has 0 aromatic carbocycles. The fourth-order valence-corrected chi connectivity index (χ4v) is 3.03. The summed E-state index contributed by atoms with van der Waals surface area (Å²) in [5, 5.41) is 3.01. The van der Waals surface area contributed by atoms with Crippen molar-refractivity contribution >= 4 is 11.7 Å². The summed E-state index contributed by atoms with van der Waals surface area (Å²) in [6.45, 7) is 5.98. The molecule has 0 saturated carbocycles. The van der Waals surface area contributed by atoms with Crippen LogP contribution >= 0.6 is 0 Å². The molecule has 2 aromatic rings. The van der Waals surface area contributed by atoms with E-state index >= 15 is 0 Å². The van der Waals surface area contributed by atoms with E-state index in [0.29, 0.717) is 12.4 Å². The molecule has 1 aliphatic rings. The zero-order valence-corrected chi connectivity index (χ0v) is 15.3. The highest BCUT2D eigenvalue weighted by molar-refractivity contribution is 5.79. The van der Waals surface area contributed by atoms with Crippen molar-refractivity contribution in [1.82, 2.24) is 20.3 Å². The van der Waals surface area contributed by atoms with E-state index in [4.69, 9.17) is 4.74 Å². The Bertz CT molecular complexity index is 715. The van der Waals surface area contributed by atoms with Gasteiger partial charge in [-0.15, -0.1) is 0 Å². The lowest BCUT2D eigenvalue weighted by Crippen LogP contribution is -2.41. The first kappa shape index (κ1) is 18.1. The monoisotopic (exact) mass is 355 g/mol. The van der Waals surface area contributed by atoms with Crippen molar-refractivity contribution in [3.05, 3.63) is 42.5 Å². The molecule has 26 heavy (non-hydrogen) atoms. The van der Waals surface area contributed by atoms with E-state index in [1.54, 1.807) is 24.8 Å². The predicted octanol–water partition coefficient (Wildman–Crippen LogP) is 2.19. The van der Waals surface area contributed by atoms with Crippen molar-refractivity contribution in [3.8, 4) is 5.88 Å². The number of hydrogen-bond donors (Lipinski definition) is 1. The van der Waals surface area contributed by atoms with Gasteiger partial charge in [0.25, 0.3) is 5.88 Å². The normalized spacial score (nSPS) is 15.1. The molecule has 1 fully saturated rings. The second kappa shape index (κ2) is 8.60. The van der Waals surface area contributed by atoms with Crippen LogP contribution in [-0.4, -0.2) is 40.1 Å². The van der Waals surface area contributed by atoms with Crippen molar-refractivity contribution in [2.24, 2.45) is 5.92 Å². The van der Waals surface area contributed by atoms with Crippen LogP contribution in [0, 0.1) is 5.92 Å². The molecule has 138 valence electrons. The van der Waals surface area contributed by atoms with Crippen LogP contribution in [-0.2, 0) is 11.3 Å². The largest absolute Gasteiger partial charge is 0.472 e. The van der Waals surface area contributed by atoms with Crippen molar-refractivity contribution < 1.29 is 9.53 Å². The van der Waals surface area contributed by atoms with Crippen molar-refractivity contribution in [3.63, 3.8) is 0 Å². The molecule has 3 rings (SSSR count). The van der Waals surface area contributed by atoms with Crippen LogP contribution in [0.1, 0.15) is 32.3 Å². The van der Waals surface area contributed by atoms with Gasteiger partial charge >= 0.3 is 0 Å². The summed E-state index contributed by atoms with van der Waals surface area (Å²) in [6.07, 6.45) is 8.43. The number of aromatic nitrogens is 3. The number of rotatable bonds is 6. The third kappa shape index (κ3) is 4.68. The quantitative estimate of drug-likeness (QED) is 0.856. The summed E-state index contributed by atoms with van der Waals surface area (Å²) in [6, 6.07) is 3.83. The summed E-state index contributed by atoms with van der Waals surface area (Å²) in [5.74, 6) is 1.44. The van der Waals surface area contributed by atoms with Gasteiger partial charge in [0.15, 0.2) is 5.82 Å². The molecule has 0 unspecified atom stereocenters. The molecule has 0 radical (unpaired) electrons. The van der Waals surface area contributed by atoms with E-state index in [1.165, 1.54) is 0 Å². The molecule has 1 amide bonds. The number of hydrogen-bond acceptors (Lipinski definition) is 6. The number of ether oxygens (including phenoxy) is 1. The summed E-state index contributed by atoms with van der Waals surface area (Å²) in [7, 11) is 0. The van der Waals surface area contributed by atoms with E-state index in [0.717, 1.165) is 37.3 Å². The van der Waals surface area contributed by atoms with E-state index in [1.807, 2.05) is 26.0 Å². The van der Waals surface area contributed by atoms with Crippen LogP contribution in [0.15, 0.2) is 36.9 Å². The van der Waals surface area contributed by atoms with Gasteiger partial charge in [-0.3, -0.25) is 9.78 Å². The Labute approximate surface area is 153 Å². The number of anilines is 1. The Morgan fingerprint density at radius 3 is 2.73 bits per heavy atom. The first-order valence-electron chi connectivity index (χ1n) is 9.02. The summed E-state index contributed by atoms with van der Waals surface area (Å²) in [5.41, 5.74) is 1.01. The molecule has 2 aromatic heterocycles. The molecule has 0 atom stereocenters. The molecule has 1 saturated heterocycles. The zero-order valence-electron chi connectivity index (χ0n) is 15.3. The number of carbonyl (C=O) groups excluding carboxylic acids is 1. The molecule has 7 heteroatoms. The average molecular weight is 355 g/mol. The van der Waals surface area contributed by atoms with Crippen LogP contribution in [0.4, 0.5) is 5.82 Å². The lowest BCUT2D eigenvalue weighted by Gasteiger charge is -2.32. The first-order valence-corrected chi connectivity index (χ1v) is 9.02. The SMILES string of the molecule is CC(C)Oc1nccnc1N1CCC(C(=O)NCc2cccnc2)CC1. The van der Waals surface area contributed by atoms with Crippen molar-refractivity contribution in [2.75, 3.05) is 18.0 Å². The van der Waals surface area contributed by atoms with Gasteiger partial charge in [-0.2, -0.15) is 0 Å². The maximum absolute atomic E-state index is 12.4. The molecule has 1 aliphatic heterocycles. The van der Waals surface area contributed by atoms with Gasteiger partial charge in [-0.05, 0) is 38.3 Å². The minimum Gasteiger partial charge on any atom is -0.472 e. The first-order chi connectivity index (χ1) is 12.6. The number of amides is 1. The molecular formula is C19H25N5O2. The van der Waals surface area contributed by atoms with E-state index < -0.39 is 0 Å². The molecule has 0 aliphatic carbocycles. The second-order valence-corrected chi connectivity index (χ2v) is 6.69. The minimum absolute atomic E-state index is 0.0223. The van der Waals surface area contributed by atoms with Gasteiger partial charge in [0, 0.05) is 50.3 Å². The van der Waals surface area contributed by atoms with Crippen LogP contribution in [0.25, 0.3) is 0 Å². The number of piperidine rings is 1. The lowest BCUT2D eigenvalue weighted by atomic mass is 9.96. The second-order valence-electron chi connectivity index (χ2n) is 6.69. The highest BCUT2D eigenvalue weighted by Crippen LogP contribution is 2.28. The highest BCUT2D eigenvalue weighted by Gasteiger charge is 2.27. The molecule has 3 heterocycles. The van der Waals surface area contributed by atoms with Crippen LogP contribution in [0.3, 0.4) is 0 Å². The summed E-state index contributed by atoms with van der Waals surface area (Å²) >= 11 is 0.